The molecule has 1 heterocycles. The van der Waals surface area contributed by atoms with Crippen molar-refractivity contribution in [2.45, 2.75) is 6.54 Å². The molecule has 0 spiro atoms. The van der Waals surface area contributed by atoms with Crippen LogP contribution in [0.25, 0.3) is 0 Å². The number of pyridine rings is 1. The Bertz CT molecular complexity index is 634. The maximum atomic E-state index is 11.0. The molecule has 1 N–H and O–H groups in total. The Morgan fingerprint density at radius 1 is 1.45 bits per heavy atom. The largest absolute Gasteiger partial charge is 0.481 e. The van der Waals surface area contributed by atoms with E-state index in [9.17, 15) is 10.1 Å². The number of methoxy groups -OCH3 is 1. The smallest absolute Gasteiger partial charge is 0.292 e. The summed E-state index contributed by atoms with van der Waals surface area (Å²) < 4.78 is 5.12. The standard InChI is InChI=1S/C13H12ClN3O3/c1-20-13-9(3-2-6-15-13)8-16-11-7-10(14)4-5-12(11)17(18)19/h2-7,16H,8H2,1H3. The van der Waals surface area contributed by atoms with E-state index in [0.717, 1.165) is 5.56 Å². The first-order valence-corrected chi connectivity index (χ1v) is 6.15. The van der Waals surface area contributed by atoms with Gasteiger partial charge >= 0.3 is 0 Å². The number of nitrogens with zero attached hydrogens (tertiary/aromatic N) is 2. The maximum Gasteiger partial charge on any atom is 0.292 e. The van der Waals surface area contributed by atoms with Crippen LogP contribution < -0.4 is 10.1 Å². The highest BCUT2D eigenvalue weighted by atomic mass is 35.5. The summed E-state index contributed by atoms with van der Waals surface area (Å²) in [5, 5.41) is 14.4. The number of ether oxygens (including phenoxy) is 1. The highest BCUT2D eigenvalue weighted by molar-refractivity contribution is 6.31. The lowest BCUT2D eigenvalue weighted by atomic mass is 10.2. The topological polar surface area (TPSA) is 77.3 Å². The molecule has 7 heteroatoms. The number of benzene rings is 1. The quantitative estimate of drug-likeness (QED) is 0.676. The molecule has 0 aliphatic rings. The Labute approximate surface area is 120 Å². The molecule has 0 saturated heterocycles. The zero-order chi connectivity index (χ0) is 14.5. The predicted molar refractivity (Wildman–Crippen MR) is 76.2 cm³/mol. The lowest BCUT2D eigenvalue weighted by molar-refractivity contribution is -0.384. The third kappa shape index (κ3) is 3.16. The molecule has 0 radical (unpaired) electrons. The zero-order valence-electron chi connectivity index (χ0n) is 10.7. The average Bonchev–Trinajstić information content (AvgIpc) is 2.45. The van der Waals surface area contributed by atoms with Crippen molar-refractivity contribution in [1.29, 1.82) is 0 Å². The second kappa shape index (κ2) is 6.21. The van der Waals surface area contributed by atoms with Gasteiger partial charge in [0, 0.05) is 29.4 Å². The van der Waals surface area contributed by atoms with Gasteiger partial charge in [-0.15, -0.1) is 0 Å². The van der Waals surface area contributed by atoms with Gasteiger partial charge in [-0.2, -0.15) is 0 Å². The molecule has 104 valence electrons. The number of rotatable bonds is 5. The molecule has 0 aliphatic carbocycles. The zero-order valence-corrected chi connectivity index (χ0v) is 11.4. The minimum atomic E-state index is -0.459. The Morgan fingerprint density at radius 3 is 2.95 bits per heavy atom. The summed E-state index contributed by atoms with van der Waals surface area (Å²) in [6.07, 6.45) is 1.62. The second-order valence-corrected chi connectivity index (χ2v) is 4.38. The molecular formula is C13H12ClN3O3. The number of anilines is 1. The molecule has 0 aliphatic heterocycles. The Morgan fingerprint density at radius 2 is 2.25 bits per heavy atom. The molecular weight excluding hydrogens is 282 g/mol. The number of nitrogens with one attached hydrogen (secondary N) is 1. The van der Waals surface area contributed by atoms with Crippen LogP contribution in [0.4, 0.5) is 11.4 Å². The molecule has 0 amide bonds. The van der Waals surface area contributed by atoms with Crippen molar-refractivity contribution in [3.05, 3.63) is 57.2 Å². The fourth-order valence-corrected chi connectivity index (χ4v) is 1.91. The van der Waals surface area contributed by atoms with Crippen molar-refractivity contribution >= 4 is 23.0 Å². The van der Waals surface area contributed by atoms with E-state index in [1.807, 2.05) is 6.07 Å². The van der Waals surface area contributed by atoms with Gasteiger partial charge in [-0.1, -0.05) is 17.7 Å². The highest BCUT2D eigenvalue weighted by Crippen LogP contribution is 2.28. The summed E-state index contributed by atoms with van der Waals surface area (Å²) in [7, 11) is 1.52. The normalized spacial score (nSPS) is 10.1. The van der Waals surface area contributed by atoms with Crippen LogP contribution in [0.15, 0.2) is 36.5 Å². The van der Waals surface area contributed by atoms with Crippen LogP contribution in [0.5, 0.6) is 5.88 Å². The number of nitro benzene ring substituents is 1. The summed E-state index contributed by atoms with van der Waals surface area (Å²) in [4.78, 5) is 14.6. The Kier molecular flexibility index (Phi) is 4.37. The van der Waals surface area contributed by atoms with Crippen molar-refractivity contribution in [1.82, 2.24) is 4.98 Å². The van der Waals surface area contributed by atoms with Gasteiger partial charge in [-0.3, -0.25) is 10.1 Å². The van der Waals surface area contributed by atoms with Gasteiger partial charge in [-0.25, -0.2) is 4.98 Å². The number of hydrogen-bond donors (Lipinski definition) is 1. The summed E-state index contributed by atoms with van der Waals surface area (Å²) in [6, 6.07) is 7.96. The van der Waals surface area contributed by atoms with Crippen molar-refractivity contribution in [3.8, 4) is 5.88 Å². The van der Waals surface area contributed by atoms with E-state index in [2.05, 4.69) is 10.3 Å². The number of aromatic nitrogens is 1. The molecule has 2 aromatic rings. The number of halogens is 1. The fraction of sp³-hybridized carbons (Fsp3) is 0.154. The van der Waals surface area contributed by atoms with Crippen LogP contribution in [0, 0.1) is 10.1 Å². The Balaban J connectivity index is 2.22. The molecule has 6 nitrogen and oxygen atoms in total. The number of nitro groups is 1. The van der Waals surface area contributed by atoms with Crippen LogP contribution in [0.3, 0.4) is 0 Å². The first-order valence-electron chi connectivity index (χ1n) is 5.77. The summed E-state index contributed by atoms with van der Waals surface area (Å²) in [6.45, 7) is 0.345. The van der Waals surface area contributed by atoms with Crippen LogP contribution >= 0.6 is 11.6 Å². The van der Waals surface area contributed by atoms with E-state index in [0.29, 0.717) is 23.1 Å². The van der Waals surface area contributed by atoms with Crippen molar-refractivity contribution in [2.24, 2.45) is 0 Å². The third-order valence-corrected chi connectivity index (χ3v) is 2.90. The lowest BCUT2D eigenvalue weighted by Gasteiger charge is -2.10. The van der Waals surface area contributed by atoms with Gasteiger partial charge in [0.05, 0.1) is 12.0 Å². The molecule has 1 aromatic heterocycles. The molecule has 0 bridgehead atoms. The van der Waals surface area contributed by atoms with E-state index in [-0.39, 0.29) is 5.69 Å². The van der Waals surface area contributed by atoms with Crippen LogP contribution in [-0.2, 0) is 6.54 Å². The minimum absolute atomic E-state index is 0.0303. The minimum Gasteiger partial charge on any atom is -0.481 e. The SMILES string of the molecule is COc1ncccc1CNc1cc(Cl)ccc1[N+](=O)[O-]. The summed E-state index contributed by atoms with van der Waals surface area (Å²) in [5.74, 6) is 0.477. The molecule has 2 rings (SSSR count). The van der Waals surface area contributed by atoms with Crippen LogP contribution in [0.2, 0.25) is 5.02 Å². The van der Waals surface area contributed by atoms with Crippen molar-refractivity contribution < 1.29 is 9.66 Å². The molecule has 0 fully saturated rings. The Hall–Kier alpha value is -2.34. The van der Waals surface area contributed by atoms with Crippen LogP contribution in [-0.4, -0.2) is 17.0 Å². The van der Waals surface area contributed by atoms with E-state index < -0.39 is 4.92 Å². The molecule has 0 unspecified atom stereocenters. The summed E-state index contributed by atoms with van der Waals surface area (Å²) >= 11 is 5.86. The van der Waals surface area contributed by atoms with Crippen LogP contribution in [0.1, 0.15) is 5.56 Å². The van der Waals surface area contributed by atoms with Crippen molar-refractivity contribution in [2.75, 3.05) is 12.4 Å². The fourth-order valence-electron chi connectivity index (χ4n) is 1.74. The first-order chi connectivity index (χ1) is 9.61. The first kappa shape index (κ1) is 14.1. The molecule has 0 atom stereocenters. The highest BCUT2D eigenvalue weighted by Gasteiger charge is 2.14. The van der Waals surface area contributed by atoms with Gasteiger partial charge in [0.2, 0.25) is 5.88 Å². The van der Waals surface area contributed by atoms with Crippen molar-refractivity contribution in [3.63, 3.8) is 0 Å². The third-order valence-electron chi connectivity index (χ3n) is 2.67. The number of hydrogen-bond acceptors (Lipinski definition) is 5. The predicted octanol–water partition coefficient (Wildman–Crippen LogP) is 3.26. The maximum absolute atomic E-state index is 11.0. The second-order valence-electron chi connectivity index (χ2n) is 3.94. The molecule has 1 aromatic carbocycles. The van der Waals surface area contributed by atoms with E-state index in [1.54, 1.807) is 12.3 Å². The molecule has 20 heavy (non-hydrogen) atoms. The monoisotopic (exact) mass is 293 g/mol. The van der Waals surface area contributed by atoms with E-state index in [1.165, 1.54) is 25.3 Å². The van der Waals surface area contributed by atoms with Gasteiger partial charge in [0.25, 0.3) is 5.69 Å². The van der Waals surface area contributed by atoms with Gasteiger partial charge < -0.3 is 10.1 Å². The average molecular weight is 294 g/mol. The van der Waals surface area contributed by atoms with Gasteiger partial charge in [0.15, 0.2) is 0 Å². The lowest BCUT2D eigenvalue weighted by Crippen LogP contribution is -2.04. The van der Waals surface area contributed by atoms with Gasteiger partial charge in [-0.05, 0) is 18.2 Å². The van der Waals surface area contributed by atoms with E-state index >= 15 is 0 Å². The van der Waals surface area contributed by atoms with E-state index in [4.69, 9.17) is 16.3 Å². The molecule has 0 saturated carbocycles. The van der Waals surface area contributed by atoms with Gasteiger partial charge in [0.1, 0.15) is 5.69 Å². The summed E-state index contributed by atoms with van der Waals surface area (Å²) in [5.41, 5.74) is 1.12.